The number of nitrogens with two attached hydrogens (primary N) is 1. The molecular weight excluding hydrogens is 241 g/mol. The predicted octanol–water partition coefficient (Wildman–Crippen LogP) is 2.67. The molecule has 0 saturated heterocycles. The Morgan fingerprint density at radius 2 is 2.21 bits per heavy atom. The SMILES string of the molecule is Cc1cc(F)cc(C(CCc2cccnc2)NN)c1. The molecule has 0 aliphatic rings. The van der Waals surface area contributed by atoms with Gasteiger partial charge in [0, 0.05) is 18.4 Å². The Morgan fingerprint density at radius 1 is 1.37 bits per heavy atom. The number of hydrogen-bond donors (Lipinski definition) is 2. The summed E-state index contributed by atoms with van der Waals surface area (Å²) in [7, 11) is 0. The van der Waals surface area contributed by atoms with E-state index in [1.807, 2.05) is 31.3 Å². The highest BCUT2D eigenvalue weighted by Gasteiger charge is 2.11. The molecule has 0 aliphatic carbocycles. The molecule has 0 saturated carbocycles. The van der Waals surface area contributed by atoms with Crippen molar-refractivity contribution in [1.29, 1.82) is 0 Å². The maximum atomic E-state index is 13.4. The summed E-state index contributed by atoms with van der Waals surface area (Å²) in [5, 5.41) is 0. The number of halogens is 1. The monoisotopic (exact) mass is 259 g/mol. The fourth-order valence-electron chi connectivity index (χ4n) is 2.17. The lowest BCUT2D eigenvalue weighted by molar-refractivity contribution is 0.511. The maximum absolute atomic E-state index is 13.4. The number of hydrogen-bond acceptors (Lipinski definition) is 3. The van der Waals surface area contributed by atoms with Gasteiger partial charge in [-0.05, 0) is 54.7 Å². The molecule has 0 bridgehead atoms. The van der Waals surface area contributed by atoms with Gasteiger partial charge in [-0.1, -0.05) is 12.1 Å². The first-order valence-electron chi connectivity index (χ1n) is 6.31. The van der Waals surface area contributed by atoms with Crippen LogP contribution in [0.3, 0.4) is 0 Å². The Hall–Kier alpha value is -1.78. The fourth-order valence-corrected chi connectivity index (χ4v) is 2.17. The minimum Gasteiger partial charge on any atom is -0.271 e. The first kappa shape index (κ1) is 13.6. The quantitative estimate of drug-likeness (QED) is 0.641. The van der Waals surface area contributed by atoms with Gasteiger partial charge in [0.2, 0.25) is 0 Å². The molecule has 19 heavy (non-hydrogen) atoms. The van der Waals surface area contributed by atoms with E-state index in [0.717, 1.165) is 29.5 Å². The first-order chi connectivity index (χ1) is 9.19. The molecule has 0 amide bonds. The molecule has 1 unspecified atom stereocenters. The minimum absolute atomic E-state index is 0.0605. The number of nitrogens with zero attached hydrogens (tertiary/aromatic N) is 1. The summed E-state index contributed by atoms with van der Waals surface area (Å²) in [6, 6.07) is 8.87. The summed E-state index contributed by atoms with van der Waals surface area (Å²) >= 11 is 0. The minimum atomic E-state index is -0.225. The predicted molar refractivity (Wildman–Crippen MR) is 73.8 cm³/mol. The topological polar surface area (TPSA) is 50.9 Å². The average Bonchev–Trinajstić information content (AvgIpc) is 2.39. The van der Waals surface area contributed by atoms with E-state index >= 15 is 0 Å². The van der Waals surface area contributed by atoms with E-state index in [1.54, 1.807) is 6.20 Å². The van der Waals surface area contributed by atoms with Gasteiger partial charge in [-0.3, -0.25) is 16.3 Å². The molecule has 3 N–H and O–H groups in total. The summed E-state index contributed by atoms with van der Waals surface area (Å²) in [5.74, 6) is 5.36. The molecule has 1 aromatic heterocycles. The van der Waals surface area contributed by atoms with Crippen LogP contribution in [-0.4, -0.2) is 4.98 Å². The lowest BCUT2D eigenvalue weighted by Gasteiger charge is -2.17. The van der Waals surface area contributed by atoms with Gasteiger partial charge in [-0.2, -0.15) is 0 Å². The van der Waals surface area contributed by atoms with Gasteiger partial charge in [0.1, 0.15) is 5.82 Å². The van der Waals surface area contributed by atoms with Crippen LogP contribution in [0.15, 0.2) is 42.7 Å². The zero-order chi connectivity index (χ0) is 13.7. The number of pyridine rings is 1. The van der Waals surface area contributed by atoms with Crippen molar-refractivity contribution in [2.45, 2.75) is 25.8 Å². The smallest absolute Gasteiger partial charge is 0.123 e. The van der Waals surface area contributed by atoms with Gasteiger partial charge in [0.25, 0.3) is 0 Å². The molecule has 1 aromatic carbocycles. The molecule has 2 aromatic rings. The third-order valence-corrected chi connectivity index (χ3v) is 3.11. The van der Waals surface area contributed by atoms with Crippen LogP contribution in [-0.2, 0) is 6.42 Å². The summed E-state index contributed by atoms with van der Waals surface area (Å²) in [4.78, 5) is 4.08. The van der Waals surface area contributed by atoms with Gasteiger partial charge in [0.05, 0.1) is 0 Å². The van der Waals surface area contributed by atoms with Crippen molar-refractivity contribution in [2.75, 3.05) is 0 Å². The van der Waals surface area contributed by atoms with Crippen LogP contribution in [0.2, 0.25) is 0 Å². The Morgan fingerprint density at radius 3 is 2.84 bits per heavy atom. The van der Waals surface area contributed by atoms with Crippen LogP contribution >= 0.6 is 0 Å². The summed E-state index contributed by atoms with van der Waals surface area (Å²) in [5.41, 5.74) is 5.68. The van der Waals surface area contributed by atoms with Gasteiger partial charge in [-0.15, -0.1) is 0 Å². The van der Waals surface area contributed by atoms with Crippen molar-refractivity contribution in [3.8, 4) is 0 Å². The number of aromatic nitrogens is 1. The highest BCUT2D eigenvalue weighted by Crippen LogP contribution is 2.20. The Bertz CT molecular complexity index is 508. The fraction of sp³-hybridized carbons (Fsp3) is 0.267. The standard InChI is InChI=1S/C15H18FN3/c1-11-7-13(9-14(16)8-11)15(19-17)5-4-12-3-2-6-18-10-12/h2-3,6-10,15,19H,4-5,17H2,1H3. The average molecular weight is 259 g/mol. The molecular formula is C15H18FN3. The second kappa shape index (κ2) is 6.41. The van der Waals surface area contributed by atoms with Crippen molar-refractivity contribution >= 4 is 0 Å². The first-order valence-corrected chi connectivity index (χ1v) is 6.31. The number of benzene rings is 1. The van der Waals surface area contributed by atoms with Crippen molar-refractivity contribution < 1.29 is 4.39 Å². The zero-order valence-electron chi connectivity index (χ0n) is 10.9. The molecule has 1 atom stereocenters. The summed E-state index contributed by atoms with van der Waals surface area (Å²) < 4.78 is 13.4. The Kier molecular flexibility index (Phi) is 4.60. The number of nitrogens with one attached hydrogen (secondary N) is 1. The van der Waals surface area contributed by atoms with Gasteiger partial charge < -0.3 is 0 Å². The van der Waals surface area contributed by atoms with E-state index in [9.17, 15) is 4.39 Å². The van der Waals surface area contributed by atoms with Crippen LogP contribution in [0.4, 0.5) is 4.39 Å². The Balaban J connectivity index is 2.07. The number of hydrazine groups is 1. The van der Waals surface area contributed by atoms with Crippen molar-refractivity contribution in [1.82, 2.24) is 10.4 Å². The molecule has 0 spiro atoms. The summed E-state index contributed by atoms with van der Waals surface area (Å²) in [6.45, 7) is 1.88. The second-order valence-corrected chi connectivity index (χ2v) is 4.68. The largest absolute Gasteiger partial charge is 0.271 e. The second-order valence-electron chi connectivity index (χ2n) is 4.68. The third kappa shape index (κ3) is 3.84. The molecule has 3 nitrogen and oxygen atoms in total. The summed E-state index contributed by atoms with van der Waals surface area (Å²) in [6.07, 6.45) is 5.23. The molecule has 1 heterocycles. The zero-order valence-corrected chi connectivity index (χ0v) is 10.9. The van der Waals surface area contributed by atoms with Crippen molar-refractivity contribution in [2.24, 2.45) is 5.84 Å². The lowest BCUT2D eigenvalue weighted by Crippen LogP contribution is -2.28. The van der Waals surface area contributed by atoms with Crippen LogP contribution in [0.5, 0.6) is 0 Å². The van der Waals surface area contributed by atoms with Crippen molar-refractivity contribution in [3.05, 3.63) is 65.2 Å². The third-order valence-electron chi connectivity index (χ3n) is 3.11. The van der Waals surface area contributed by atoms with E-state index in [-0.39, 0.29) is 11.9 Å². The van der Waals surface area contributed by atoms with E-state index in [2.05, 4.69) is 10.4 Å². The normalized spacial score (nSPS) is 12.4. The molecule has 0 radical (unpaired) electrons. The van der Waals surface area contributed by atoms with E-state index in [1.165, 1.54) is 12.1 Å². The van der Waals surface area contributed by atoms with Gasteiger partial charge >= 0.3 is 0 Å². The highest BCUT2D eigenvalue weighted by atomic mass is 19.1. The molecule has 0 fully saturated rings. The maximum Gasteiger partial charge on any atom is 0.123 e. The van der Waals surface area contributed by atoms with Crippen LogP contribution in [0, 0.1) is 12.7 Å². The number of rotatable bonds is 5. The van der Waals surface area contributed by atoms with Gasteiger partial charge in [0.15, 0.2) is 0 Å². The van der Waals surface area contributed by atoms with Crippen molar-refractivity contribution in [3.63, 3.8) is 0 Å². The highest BCUT2D eigenvalue weighted by molar-refractivity contribution is 5.26. The molecule has 100 valence electrons. The van der Waals surface area contributed by atoms with E-state index < -0.39 is 0 Å². The molecule has 0 aliphatic heterocycles. The van der Waals surface area contributed by atoms with Crippen LogP contribution in [0.25, 0.3) is 0 Å². The van der Waals surface area contributed by atoms with Crippen LogP contribution in [0.1, 0.15) is 29.2 Å². The van der Waals surface area contributed by atoms with Gasteiger partial charge in [-0.25, -0.2) is 4.39 Å². The van der Waals surface area contributed by atoms with E-state index in [4.69, 9.17) is 5.84 Å². The molecule has 4 heteroatoms. The Labute approximate surface area is 112 Å². The molecule has 2 rings (SSSR count). The van der Waals surface area contributed by atoms with E-state index in [0.29, 0.717) is 0 Å². The number of aryl methyl sites for hydroxylation is 2. The lowest BCUT2D eigenvalue weighted by atomic mass is 9.98. The van der Waals surface area contributed by atoms with Crippen LogP contribution < -0.4 is 11.3 Å².